The third kappa shape index (κ3) is 2.52. The van der Waals surface area contributed by atoms with Crippen molar-refractivity contribution in [3.63, 3.8) is 0 Å². The number of para-hydroxylation sites is 1. The number of aromatic nitrogens is 1. The van der Waals surface area contributed by atoms with E-state index in [4.69, 9.17) is 0 Å². The van der Waals surface area contributed by atoms with Gasteiger partial charge in [0.15, 0.2) is 0 Å². The standard InChI is InChI=1S/C15H17N3O/c1-2-16-14-9-12(15(19)17-10-7-8-10)11-5-3-4-6-13(11)18-14/h3-6,9-10H,2,7-8H2,1H3,(H,16,18)(H,17,19). The maximum absolute atomic E-state index is 12.3. The summed E-state index contributed by atoms with van der Waals surface area (Å²) < 4.78 is 0. The van der Waals surface area contributed by atoms with Crippen molar-refractivity contribution < 1.29 is 4.79 Å². The smallest absolute Gasteiger partial charge is 0.252 e. The molecule has 0 unspecified atom stereocenters. The van der Waals surface area contributed by atoms with Crippen molar-refractivity contribution in [1.29, 1.82) is 0 Å². The van der Waals surface area contributed by atoms with Crippen molar-refractivity contribution >= 4 is 22.6 Å². The Balaban J connectivity index is 2.05. The van der Waals surface area contributed by atoms with Gasteiger partial charge in [-0.1, -0.05) is 18.2 Å². The number of nitrogens with one attached hydrogen (secondary N) is 2. The van der Waals surface area contributed by atoms with Crippen LogP contribution < -0.4 is 10.6 Å². The van der Waals surface area contributed by atoms with Crippen LogP contribution in [0.4, 0.5) is 5.82 Å². The number of nitrogens with zero attached hydrogens (tertiary/aromatic N) is 1. The number of anilines is 1. The molecule has 0 bridgehead atoms. The molecule has 4 heteroatoms. The third-order valence-electron chi connectivity index (χ3n) is 3.23. The first kappa shape index (κ1) is 12.0. The monoisotopic (exact) mass is 255 g/mol. The van der Waals surface area contributed by atoms with Crippen LogP contribution in [0.15, 0.2) is 30.3 Å². The van der Waals surface area contributed by atoms with Crippen LogP contribution in [-0.2, 0) is 0 Å². The van der Waals surface area contributed by atoms with Crippen molar-refractivity contribution in [2.45, 2.75) is 25.8 Å². The third-order valence-corrected chi connectivity index (χ3v) is 3.23. The van der Waals surface area contributed by atoms with E-state index in [1.807, 2.05) is 37.3 Å². The first-order valence-corrected chi connectivity index (χ1v) is 6.72. The summed E-state index contributed by atoms with van der Waals surface area (Å²) in [4.78, 5) is 16.8. The second-order valence-electron chi connectivity index (χ2n) is 4.85. The van der Waals surface area contributed by atoms with E-state index in [2.05, 4.69) is 15.6 Å². The number of carbonyl (C=O) groups excluding carboxylic acids is 1. The van der Waals surface area contributed by atoms with Gasteiger partial charge in [0.25, 0.3) is 5.91 Å². The summed E-state index contributed by atoms with van der Waals surface area (Å²) in [6, 6.07) is 9.95. The van der Waals surface area contributed by atoms with E-state index in [-0.39, 0.29) is 5.91 Å². The van der Waals surface area contributed by atoms with Gasteiger partial charge in [0.1, 0.15) is 5.82 Å². The SMILES string of the molecule is CCNc1cc(C(=O)NC2CC2)c2ccccc2n1. The zero-order valence-electron chi connectivity index (χ0n) is 10.9. The minimum atomic E-state index is 0.000234. The molecule has 2 aromatic rings. The highest BCUT2D eigenvalue weighted by molar-refractivity contribution is 6.07. The van der Waals surface area contributed by atoms with Gasteiger partial charge in [0, 0.05) is 18.0 Å². The van der Waals surface area contributed by atoms with Crippen LogP contribution in [0.25, 0.3) is 10.9 Å². The van der Waals surface area contributed by atoms with Crippen LogP contribution in [0.2, 0.25) is 0 Å². The van der Waals surface area contributed by atoms with Gasteiger partial charge in [0.05, 0.1) is 11.1 Å². The molecular weight excluding hydrogens is 238 g/mol. The second-order valence-corrected chi connectivity index (χ2v) is 4.85. The first-order chi connectivity index (χ1) is 9.28. The molecule has 1 aliphatic carbocycles. The van der Waals surface area contributed by atoms with Gasteiger partial charge in [-0.15, -0.1) is 0 Å². The lowest BCUT2D eigenvalue weighted by Crippen LogP contribution is -2.25. The number of amides is 1. The Morgan fingerprint density at radius 2 is 2.16 bits per heavy atom. The lowest BCUT2D eigenvalue weighted by Gasteiger charge is -2.10. The summed E-state index contributed by atoms with van der Waals surface area (Å²) in [6.07, 6.45) is 2.18. The van der Waals surface area contributed by atoms with Crippen LogP contribution in [0.5, 0.6) is 0 Å². The number of carbonyl (C=O) groups is 1. The average molecular weight is 255 g/mol. The van der Waals surface area contributed by atoms with Crippen LogP contribution >= 0.6 is 0 Å². The highest BCUT2D eigenvalue weighted by Gasteiger charge is 2.24. The fourth-order valence-corrected chi connectivity index (χ4v) is 2.13. The van der Waals surface area contributed by atoms with Gasteiger partial charge in [-0.2, -0.15) is 0 Å². The maximum atomic E-state index is 12.3. The van der Waals surface area contributed by atoms with Crippen molar-refractivity contribution in [3.8, 4) is 0 Å². The zero-order valence-corrected chi connectivity index (χ0v) is 10.9. The molecular formula is C15H17N3O. The summed E-state index contributed by atoms with van der Waals surface area (Å²) in [5, 5.41) is 7.11. The molecule has 4 nitrogen and oxygen atoms in total. The van der Waals surface area contributed by atoms with Crippen LogP contribution in [0.1, 0.15) is 30.1 Å². The van der Waals surface area contributed by atoms with Gasteiger partial charge in [-0.3, -0.25) is 4.79 Å². The van der Waals surface area contributed by atoms with E-state index in [0.29, 0.717) is 11.6 Å². The maximum Gasteiger partial charge on any atom is 0.252 e. The van der Waals surface area contributed by atoms with Gasteiger partial charge in [-0.25, -0.2) is 4.98 Å². The van der Waals surface area contributed by atoms with E-state index in [9.17, 15) is 4.79 Å². The van der Waals surface area contributed by atoms with Crippen molar-refractivity contribution in [1.82, 2.24) is 10.3 Å². The van der Waals surface area contributed by atoms with Gasteiger partial charge in [0.2, 0.25) is 0 Å². The quantitative estimate of drug-likeness (QED) is 0.882. The summed E-state index contributed by atoms with van der Waals surface area (Å²) >= 11 is 0. The number of fused-ring (bicyclic) bond motifs is 1. The predicted octanol–water partition coefficient (Wildman–Crippen LogP) is 2.56. The van der Waals surface area contributed by atoms with Gasteiger partial charge >= 0.3 is 0 Å². The molecule has 1 aliphatic rings. The van der Waals surface area contributed by atoms with E-state index < -0.39 is 0 Å². The molecule has 1 heterocycles. The molecule has 0 spiro atoms. The van der Waals surface area contributed by atoms with E-state index in [0.717, 1.165) is 36.1 Å². The van der Waals surface area contributed by atoms with Crippen molar-refractivity contribution in [2.24, 2.45) is 0 Å². The Hall–Kier alpha value is -2.10. The molecule has 0 atom stereocenters. The lowest BCUT2D eigenvalue weighted by atomic mass is 10.1. The largest absolute Gasteiger partial charge is 0.370 e. The topological polar surface area (TPSA) is 54.0 Å². The molecule has 0 aliphatic heterocycles. The molecule has 1 fully saturated rings. The van der Waals surface area contributed by atoms with Crippen LogP contribution in [-0.4, -0.2) is 23.5 Å². The Morgan fingerprint density at radius 3 is 2.89 bits per heavy atom. The molecule has 19 heavy (non-hydrogen) atoms. The first-order valence-electron chi connectivity index (χ1n) is 6.72. The van der Waals surface area contributed by atoms with E-state index in [1.54, 1.807) is 0 Å². The Kier molecular flexibility index (Phi) is 3.07. The van der Waals surface area contributed by atoms with E-state index >= 15 is 0 Å². The highest BCUT2D eigenvalue weighted by Crippen LogP contribution is 2.23. The Labute approximate surface area is 112 Å². The lowest BCUT2D eigenvalue weighted by molar-refractivity contribution is 0.0952. The number of hydrogen-bond acceptors (Lipinski definition) is 3. The molecule has 0 radical (unpaired) electrons. The molecule has 98 valence electrons. The number of benzene rings is 1. The molecule has 1 amide bonds. The zero-order chi connectivity index (χ0) is 13.2. The van der Waals surface area contributed by atoms with E-state index in [1.165, 1.54) is 0 Å². The van der Waals surface area contributed by atoms with Crippen LogP contribution in [0.3, 0.4) is 0 Å². The Bertz CT molecular complexity index is 620. The molecule has 3 rings (SSSR count). The molecule has 2 N–H and O–H groups in total. The number of pyridine rings is 1. The number of rotatable bonds is 4. The highest BCUT2D eigenvalue weighted by atomic mass is 16.1. The minimum absolute atomic E-state index is 0.000234. The van der Waals surface area contributed by atoms with Crippen LogP contribution in [0, 0.1) is 0 Å². The van der Waals surface area contributed by atoms with Gasteiger partial charge in [-0.05, 0) is 31.9 Å². The molecule has 1 aromatic heterocycles. The fourth-order valence-electron chi connectivity index (χ4n) is 2.13. The summed E-state index contributed by atoms with van der Waals surface area (Å²) in [5.74, 6) is 0.752. The minimum Gasteiger partial charge on any atom is -0.370 e. The average Bonchev–Trinajstić information content (AvgIpc) is 3.22. The van der Waals surface area contributed by atoms with Crippen molar-refractivity contribution in [3.05, 3.63) is 35.9 Å². The predicted molar refractivity (Wildman–Crippen MR) is 76.4 cm³/mol. The van der Waals surface area contributed by atoms with Crippen molar-refractivity contribution in [2.75, 3.05) is 11.9 Å². The Morgan fingerprint density at radius 1 is 1.37 bits per heavy atom. The van der Waals surface area contributed by atoms with Gasteiger partial charge < -0.3 is 10.6 Å². The summed E-state index contributed by atoms with van der Waals surface area (Å²) in [6.45, 7) is 2.80. The molecule has 0 saturated heterocycles. The molecule has 1 saturated carbocycles. The second kappa shape index (κ2) is 4.88. The summed E-state index contributed by atoms with van der Waals surface area (Å²) in [7, 11) is 0. The normalized spacial score (nSPS) is 14.4. The summed E-state index contributed by atoms with van der Waals surface area (Å²) in [5.41, 5.74) is 1.55. The number of hydrogen-bond donors (Lipinski definition) is 2. The molecule has 1 aromatic carbocycles. The fraction of sp³-hybridized carbons (Fsp3) is 0.333.